The molecule has 2 aromatic rings. The number of likely N-dealkylation sites (N-methyl/N-ethyl adjacent to an activating group) is 1. The van der Waals surface area contributed by atoms with Crippen molar-refractivity contribution in [2.24, 2.45) is 0 Å². The summed E-state index contributed by atoms with van der Waals surface area (Å²) in [5.41, 5.74) is 1.54. The number of nitrogens with one attached hydrogen (secondary N) is 1. The van der Waals surface area contributed by atoms with Gasteiger partial charge in [-0.1, -0.05) is 18.3 Å². The van der Waals surface area contributed by atoms with Gasteiger partial charge in [-0.2, -0.15) is 4.31 Å². The quantitative estimate of drug-likeness (QED) is 0.732. The standard InChI is InChI=1S/C15H21N3O4S3/c1-5-18(6-7-22-4)25(20,21)13-8-12(9-23-13)14-10(2)16-15(24-14)17-11(3)19/h8-9H,5-7H2,1-4H3,(H,16,17,19). The van der Waals surface area contributed by atoms with E-state index < -0.39 is 10.0 Å². The number of amides is 1. The fraction of sp³-hybridized carbons (Fsp3) is 0.467. The molecule has 0 saturated heterocycles. The van der Waals surface area contributed by atoms with Crippen LogP contribution >= 0.6 is 22.7 Å². The summed E-state index contributed by atoms with van der Waals surface area (Å²) in [7, 11) is -2.00. The van der Waals surface area contributed by atoms with Crippen LogP contribution in [0.4, 0.5) is 5.13 Å². The summed E-state index contributed by atoms with van der Waals surface area (Å²) in [5.74, 6) is -0.189. The Labute approximate surface area is 155 Å². The number of thiophene rings is 1. The van der Waals surface area contributed by atoms with E-state index in [2.05, 4.69) is 10.3 Å². The molecule has 1 N–H and O–H groups in total. The van der Waals surface area contributed by atoms with Gasteiger partial charge in [0.25, 0.3) is 10.0 Å². The molecule has 0 aliphatic carbocycles. The highest BCUT2D eigenvalue weighted by molar-refractivity contribution is 7.91. The first-order valence-electron chi connectivity index (χ1n) is 7.62. The third-order valence-corrected chi connectivity index (χ3v) is 7.92. The van der Waals surface area contributed by atoms with Crippen LogP contribution in [0, 0.1) is 6.92 Å². The van der Waals surface area contributed by atoms with E-state index in [1.807, 2.05) is 6.92 Å². The summed E-state index contributed by atoms with van der Waals surface area (Å²) >= 11 is 2.51. The Morgan fingerprint density at radius 3 is 2.76 bits per heavy atom. The SMILES string of the molecule is CCN(CCOC)S(=O)(=O)c1cc(-c2sc(NC(C)=O)nc2C)cs1. The van der Waals surface area contributed by atoms with E-state index in [-0.39, 0.29) is 10.1 Å². The Morgan fingerprint density at radius 2 is 2.16 bits per heavy atom. The van der Waals surface area contributed by atoms with Crippen LogP contribution in [0.1, 0.15) is 19.5 Å². The average Bonchev–Trinajstić information content (AvgIpc) is 3.14. The molecule has 0 saturated carbocycles. The number of rotatable bonds is 8. The number of carbonyl (C=O) groups is 1. The van der Waals surface area contributed by atoms with Crippen molar-refractivity contribution in [1.29, 1.82) is 0 Å². The van der Waals surface area contributed by atoms with Crippen LogP contribution in [0.2, 0.25) is 0 Å². The molecule has 0 fully saturated rings. The van der Waals surface area contributed by atoms with Gasteiger partial charge < -0.3 is 10.1 Å². The molecule has 0 aliphatic heterocycles. The zero-order valence-electron chi connectivity index (χ0n) is 14.5. The van der Waals surface area contributed by atoms with Gasteiger partial charge in [0.2, 0.25) is 5.91 Å². The van der Waals surface area contributed by atoms with Crippen molar-refractivity contribution in [3.8, 4) is 10.4 Å². The summed E-state index contributed by atoms with van der Waals surface area (Å²) in [6.07, 6.45) is 0. The fourth-order valence-electron chi connectivity index (χ4n) is 2.21. The number of ether oxygens (including phenoxy) is 1. The highest BCUT2D eigenvalue weighted by Gasteiger charge is 2.25. The number of methoxy groups -OCH3 is 1. The third-order valence-electron chi connectivity index (χ3n) is 3.41. The Bertz CT molecular complexity index is 842. The van der Waals surface area contributed by atoms with Crippen molar-refractivity contribution in [3.63, 3.8) is 0 Å². The van der Waals surface area contributed by atoms with Crippen molar-refractivity contribution in [3.05, 3.63) is 17.1 Å². The van der Waals surface area contributed by atoms with Crippen molar-refractivity contribution in [1.82, 2.24) is 9.29 Å². The van der Waals surface area contributed by atoms with Gasteiger partial charge in [0.05, 0.1) is 17.2 Å². The molecule has 0 unspecified atom stereocenters. The van der Waals surface area contributed by atoms with Crippen LogP contribution in [0.25, 0.3) is 10.4 Å². The molecule has 2 rings (SSSR count). The van der Waals surface area contributed by atoms with E-state index in [1.165, 1.54) is 33.9 Å². The largest absolute Gasteiger partial charge is 0.383 e. The van der Waals surface area contributed by atoms with Crippen LogP contribution in [0.15, 0.2) is 15.7 Å². The van der Waals surface area contributed by atoms with Crippen LogP contribution in [0.3, 0.4) is 0 Å². The summed E-state index contributed by atoms with van der Waals surface area (Å²) in [4.78, 5) is 16.3. The number of carbonyl (C=O) groups excluding carboxylic acids is 1. The van der Waals surface area contributed by atoms with Gasteiger partial charge in [0.15, 0.2) is 5.13 Å². The zero-order valence-corrected chi connectivity index (χ0v) is 17.0. The molecule has 0 aromatic carbocycles. The second kappa shape index (κ2) is 8.37. The predicted molar refractivity (Wildman–Crippen MR) is 101 cm³/mol. The first-order chi connectivity index (χ1) is 11.8. The minimum Gasteiger partial charge on any atom is -0.383 e. The molecule has 0 radical (unpaired) electrons. The Balaban J connectivity index is 2.30. The molecular formula is C15H21N3O4S3. The van der Waals surface area contributed by atoms with Gasteiger partial charge >= 0.3 is 0 Å². The van der Waals surface area contributed by atoms with Gasteiger partial charge in [0.1, 0.15) is 4.21 Å². The molecule has 2 heterocycles. The van der Waals surface area contributed by atoms with E-state index in [4.69, 9.17) is 4.74 Å². The van der Waals surface area contributed by atoms with Crippen LogP contribution in [-0.4, -0.2) is 50.4 Å². The van der Waals surface area contributed by atoms with Crippen molar-refractivity contribution >= 4 is 43.7 Å². The van der Waals surface area contributed by atoms with Crippen LogP contribution in [0.5, 0.6) is 0 Å². The van der Waals surface area contributed by atoms with Crippen LogP contribution < -0.4 is 5.32 Å². The third kappa shape index (κ3) is 4.64. The number of hydrogen-bond acceptors (Lipinski definition) is 7. The normalized spacial score (nSPS) is 11.9. The molecule has 0 atom stereocenters. The number of thiazole rings is 1. The van der Waals surface area contributed by atoms with Crippen molar-refractivity contribution in [2.45, 2.75) is 25.0 Å². The first kappa shape index (κ1) is 20.0. The second-order valence-electron chi connectivity index (χ2n) is 5.26. The molecule has 2 aromatic heterocycles. The average molecular weight is 404 g/mol. The maximum atomic E-state index is 12.8. The number of sulfonamides is 1. The monoisotopic (exact) mass is 403 g/mol. The number of hydrogen-bond donors (Lipinski definition) is 1. The molecule has 10 heteroatoms. The molecular weight excluding hydrogens is 382 g/mol. The lowest BCUT2D eigenvalue weighted by molar-refractivity contribution is -0.114. The molecule has 138 valence electrons. The maximum absolute atomic E-state index is 12.8. The summed E-state index contributed by atoms with van der Waals surface area (Å²) in [5, 5.41) is 4.96. The minimum atomic E-state index is -3.55. The number of aryl methyl sites for hydroxylation is 1. The topological polar surface area (TPSA) is 88.6 Å². The Morgan fingerprint density at radius 1 is 1.44 bits per heavy atom. The molecule has 25 heavy (non-hydrogen) atoms. The van der Waals surface area contributed by atoms with Gasteiger partial charge in [-0.3, -0.25) is 4.79 Å². The smallest absolute Gasteiger partial charge is 0.252 e. The summed E-state index contributed by atoms with van der Waals surface area (Å²) < 4.78 is 32.2. The van der Waals surface area contributed by atoms with E-state index in [1.54, 1.807) is 25.5 Å². The summed E-state index contributed by atoms with van der Waals surface area (Å²) in [6, 6.07) is 1.66. The lowest BCUT2D eigenvalue weighted by atomic mass is 10.2. The van der Waals surface area contributed by atoms with Gasteiger partial charge in [-0.05, 0) is 13.0 Å². The summed E-state index contributed by atoms with van der Waals surface area (Å²) in [6.45, 7) is 6.10. The fourth-order valence-corrected chi connectivity index (χ4v) is 6.04. The number of aromatic nitrogens is 1. The Kier molecular flexibility index (Phi) is 6.69. The van der Waals surface area contributed by atoms with Crippen molar-refractivity contribution in [2.75, 3.05) is 32.1 Å². The lowest BCUT2D eigenvalue weighted by Crippen LogP contribution is -2.33. The van der Waals surface area contributed by atoms with E-state index in [0.717, 1.165) is 16.1 Å². The molecule has 1 amide bonds. The minimum absolute atomic E-state index is 0.189. The molecule has 7 nitrogen and oxygen atoms in total. The maximum Gasteiger partial charge on any atom is 0.252 e. The Hall–Kier alpha value is -1.33. The molecule has 0 aliphatic rings. The van der Waals surface area contributed by atoms with Crippen molar-refractivity contribution < 1.29 is 17.9 Å². The van der Waals surface area contributed by atoms with E-state index in [0.29, 0.717) is 24.8 Å². The second-order valence-corrected chi connectivity index (χ2v) is 9.33. The lowest BCUT2D eigenvalue weighted by Gasteiger charge is -2.18. The molecule has 0 spiro atoms. The van der Waals surface area contributed by atoms with Gasteiger partial charge in [0, 0.05) is 38.1 Å². The zero-order chi connectivity index (χ0) is 18.6. The number of nitrogens with zero attached hydrogens (tertiary/aromatic N) is 2. The molecule has 0 bridgehead atoms. The number of anilines is 1. The highest BCUT2D eigenvalue weighted by Crippen LogP contribution is 2.37. The van der Waals surface area contributed by atoms with Gasteiger partial charge in [-0.15, -0.1) is 11.3 Å². The highest BCUT2D eigenvalue weighted by atomic mass is 32.2. The predicted octanol–water partition coefficient (Wildman–Crippen LogP) is 2.80. The van der Waals surface area contributed by atoms with Crippen LogP contribution in [-0.2, 0) is 19.6 Å². The van der Waals surface area contributed by atoms with E-state index in [9.17, 15) is 13.2 Å². The van der Waals surface area contributed by atoms with E-state index >= 15 is 0 Å². The first-order valence-corrected chi connectivity index (χ1v) is 10.8. The van der Waals surface area contributed by atoms with Gasteiger partial charge in [-0.25, -0.2) is 13.4 Å².